The fourth-order valence-corrected chi connectivity index (χ4v) is 1.16. The summed E-state index contributed by atoms with van der Waals surface area (Å²) in [6.45, 7) is 10.5. The Morgan fingerprint density at radius 2 is 1.92 bits per heavy atom. The van der Waals surface area contributed by atoms with Crippen LogP contribution in [-0.2, 0) is 0 Å². The maximum absolute atomic E-state index is 5.74. The van der Waals surface area contributed by atoms with Crippen molar-refractivity contribution in [1.82, 2.24) is 10.3 Å². The van der Waals surface area contributed by atoms with Gasteiger partial charge in [0.05, 0.1) is 0 Å². The zero-order chi connectivity index (χ0) is 9.78. The molecule has 0 aliphatic carbocycles. The number of hydrogen-bond acceptors (Lipinski definition) is 3. The summed E-state index contributed by atoms with van der Waals surface area (Å²) in [5.41, 5.74) is 0.265. The molecule has 0 spiro atoms. The molecule has 0 aromatic heterocycles. The minimum atomic E-state index is 0.265. The van der Waals surface area contributed by atoms with Crippen LogP contribution in [-0.4, -0.2) is 31.2 Å². The van der Waals surface area contributed by atoms with Crippen molar-refractivity contribution in [3.8, 4) is 0 Å². The third kappa shape index (κ3) is 4.04. The van der Waals surface area contributed by atoms with Crippen molar-refractivity contribution in [1.29, 1.82) is 0 Å². The summed E-state index contributed by atoms with van der Waals surface area (Å²) in [5, 5.41) is 5.13. The highest BCUT2D eigenvalue weighted by Crippen LogP contribution is 2.18. The molecule has 0 radical (unpaired) electrons. The normalized spacial score (nSPS) is 15.2. The molecule has 0 aromatic rings. The second kappa shape index (κ2) is 4.80. The smallest absolute Gasteiger partial charge is 0.0287 e. The Labute approximate surface area is 76.3 Å². The molecule has 3 N–H and O–H groups in total. The van der Waals surface area contributed by atoms with Crippen LogP contribution in [0.5, 0.6) is 0 Å². The van der Waals surface area contributed by atoms with Crippen LogP contribution in [0.4, 0.5) is 0 Å². The monoisotopic (exact) mass is 173 g/mol. The topological polar surface area (TPSA) is 41.3 Å². The van der Waals surface area contributed by atoms with E-state index in [0.29, 0.717) is 6.04 Å². The van der Waals surface area contributed by atoms with Crippen molar-refractivity contribution in [2.24, 2.45) is 11.3 Å². The number of likely N-dealkylation sites (N-methyl/N-ethyl adjacent to an activating group) is 2. The summed E-state index contributed by atoms with van der Waals surface area (Å²) in [5.74, 6) is 5.74. The summed E-state index contributed by atoms with van der Waals surface area (Å²) in [7, 11) is 1.99. The Bertz CT molecular complexity index is 117. The molecule has 12 heavy (non-hydrogen) atoms. The minimum absolute atomic E-state index is 0.265. The van der Waals surface area contributed by atoms with Crippen LogP contribution in [0.15, 0.2) is 0 Å². The van der Waals surface area contributed by atoms with E-state index in [9.17, 15) is 0 Å². The van der Waals surface area contributed by atoms with Gasteiger partial charge in [-0.1, -0.05) is 27.7 Å². The summed E-state index contributed by atoms with van der Waals surface area (Å²) in [6.07, 6.45) is 0. The molecular weight excluding hydrogens is 150 g/mol. The minimum Gasteiger partial charge on any atom is -0.315 e. The molecule has 0 aliphatic heterocycles. The Morgan fingerprint density at radius 3 is 2.17 bits per heavy atom. The lowest BCUT2D eigenvalue weighted by Crippen LogP contribution is -2.49. The highest BCUT2D eigenvalue weighted by molar-refractivity contribution is 4.80. The second-order valence-corrected chi connectivity index (χ2v) is 4.29. The molecule has 0 heterocycles. The van der Waals surface area contributed by atoms with Gasteiger partial charge in [0.15, 0.2) is 0 Å². The third-order valence-electron chi connectivity index (χ3n) is 2.22. The van der Waals surface area contributed by atoms with Crippen molar-refractivity contribution in [3.63, 3.8) is 0 Å². The first-order valence-corrected chi connectivity index (χ1v) is 4.58. The Morgan fingerprint density at radius 1 is 1.42 bits per heavy atom. The van der Waals surface area contributed by atoms with E-state index in [1.54, 1.807) is 0 Å². The number of nitrogens with one attached hydrogen (secondary N) is 1. The van der Waals surface area contributed by atoms with Crippen molar-refractivity contribution >= 4 is 0 Å². The first-order chi connectivity index (χ1) is 5.41. The lowest BCUT2D eigenvalue weighted by Gasteiger charge is -2.33. The van der Waals surface area contributed by atoms with E-state index < -0.39 is 0 Å². The molecule has 0 amide bonds. The summed E-state index contributed by atoms with van der Waals surface area (Å²) in [4.78, 5) is 0. The highest BCUT2D eigenvalue weighted by atomic mass is 15.4. The van der Waals surface area contributed by atoms with E-state index in [4.69, 9.17) is 5.84 Å². The van der Waals surface area contributed by atoms with Gasteiger partial charge >= 0.3 is 0 Å². The SMILES string of the molecule is CCN(N)CC(NC)C(C)(C)C. The van der Waals surface area contributed by atoms with Crippen molar-refractivity contribution in [2.75, 3.05) is 20.1 Å². The van der Waals surface area contributed by atoms with Gasteiger partial charge in [0.2, 0.25) is 0 Å². The van der Waals surface area contributed by atoms with Gasteiger partial charge < -0.3 is 5.32 Å². The molecule has 0 saturated carbocycles. The largest absolute Gasteiger partial charge is 0.315 e. The molecular formula is C9H23N3. The molecule has 0 rings (SSSR count). The predicted molar refractivity (Wildman–Crippen MR) is 53.7 cm³/mol. The maximum atomic E-state index is 5.74. The van der Waals surface area contributed by atoms with Crippen LogP contribution in [0.3, 0.4) is 0 Å². The fraction of sp³-hybridized carbons (Fsp3) is 1.00. The van der Waals surface area contributed by atoms with Crippen LogP contribution < -0.4 is 11.2 Å². The summed E-state index contributed by atoms with van der Waals surface area (Å²) in [6, 6.07) is 0.447. The van der Waals surface area contributed by atoms with Gasteiger partial charge in [-0.25, -0.2) is 5.01 Å². The van der Waals surface area contributed by atoms with E-state index >= 15 is 0 Å². The molecule has 0 fully saturated rings. The fourth-order valence-electron chi connectivity index (χ4n) is 1.16. The van der Waals surface area contributed by atoms with Gasteiger partial charge in [-0.05, 0) is 12.5 Å². The Hall–Kier alpha value is -0.120. The lowest BCUT2D eigenvalue weighted by molar-refractivity contribution is 0.186. The van der Waals surface area contributed by atoms with Gasteiger partial charge in [0, 0.05) is 19.1 Å². The van der Waals surface area contributed by atoms with Gasteiger partial charge in [-0.2, -0.15) is 0 Å². The first kappa shape index (κ1) is 11.9. The Balaban J connectivity index is 4.00. The van der Waals surface area contributed by atoms with Crippen LogP contribution >= 0.6 is 0 Å². The Kier molecular flexibility index (Phi) is 4.75. The zero-order valence-corrected chi connectivity index (χ0v) is 9.02. The maximum Gasteiger partial charge on any atom is 0.0287 e. The average Bonchev–Trinajstić information content (AvgIpc) is 1.97. The molecule has 74 valence electrons. The quantitative estimate of drug-likeness (QED) is 0.488. The van der Waals surface area contributed by atoms with E-state index in [0.717, 1.165) is 13.1 Å². The molecule has 0 bridgehead atoms. The van der Waals surface area contributed by atoms with E-state index in [1.807, 2.05) is 12.1 Å². The van der Waals surface area contributed by atoms with Gasteiger partial charge in [0.25, 0.3) is 0 Å². The predicted octanol–water partition coefficient (Wildman–Crippen LogP) is 0.816. The van der Waals surface area contributed by atoms with Crippen molar-refractivity contribution in [3.05, 3.63) is 0 Å². The standard InChI is InChI=1S/C9H23N3/c1-6-12(10)7-8(11-5)9(2,3)4/h8,11H,6-7,10H2,1-5H3. The van der Waals surface area contributed by atoms with E-state index in [1.165, 1.54) is 0 Å². The van der Waals surface area contributed by atoms with Crippen LogP contribution in [0.1, 0.15) is 27.7 Å². The van der Waals surface area contributed by atoms with Crippen molar-refractivity contribution < 1.29 is 0 Å². The van der Waals surface area contributed by atoms with Gasteiger partial charge in [0.1, 0.15) is 0 Å². The van der Waals surface area contributed by atoms with Crippen molar-refractivity contribution in [2.45, 2.75) is 33.7 Å². The summed E-state index contributed by atoms with van der Waals surface area (Å²) < 4.78 is 0. The lowest BCUT2D eigenvalue weighted by atomic mass is 9.87. The van der Waals surface area contributed by atoms with Gasteiger partial charge in [-0.15, -0.1) is 0 Å². The molecule has 0 saturated heterocycles. The van der Waals surface area contributed by atoms with E-state index in [2.05, 4.69) is 33.0 Å². The molecule has 1 unspecified atom stereocenters. The zero-order valence-electron chi connectivity index (χ0n) is 9.02. The van der Waals surface area contributed by atoms with Gasteiger partial charge in [-0.3, -0.25) is 5.84 Å². The second-order valence-electron chi connectivity index (χ2n) is 4.29. The number of hydrogen-bond donors (Lipinski definition) is 2. The van der Waals surface area contributed by atoms with Crippen LogP contribution in [0, 0.1) is 5.41 Å². The number of nitrogens with zero attached hydrogens (tertiary/aromatic N) is 1. The number of nitrogens with two attached hydrogens (primary N) is 1. The molecule has 3 heteroatoms. The molecule has 0 aliphatic rings. The molecule has 3 nitrogen and oxygen atoms in total. The van der Waals surface area contributed by atoms with Crippen LogP contribution in [0.25, 0.3) is 0 Å². The number of rotatable bonds is 4. The molecule has 0 aromatic carbocycles. The van der Waals surface area contributed by atoms with Crippen LogP contribution in [0.2, 0.25) is 0 Å². The number of hydrazine groups is 1. The molecule has 1 atom stereocenters. The first-order valence-electron chi connectivity index (χ1n) is 4.58. The highest BCUT2D eigenvalue weighted by Gasteiger charge is 2.23. The average molecular weight is 173 g/mol. The van der Waals surface area contributed by atoms with E-state index in [-0.39, 0.29) is 5.41 Å². The summed E-state index contributed by atoms with van der Waals surface area (Å²) >= 11 is 0. The third-order valence-corrected chi connectivity index (χ3v) is 2.22.